The zero-order valence-corrected chi connectivity index (χ0v) is 18.2. The normalized spacial score (nSPS) is 10.1. The van der Waals surface area contributed by atoms with Gasteiger partial charge in [0.2, 0.25) is 11.8 Å². The van der Waals surface area contributed by atoms with Crippen molar-refractivity contribution in [2.45, 2.75) is 26.7 Å². The molecule has 0 radical (unpaired) electrons. The molecule has 0 spiro atoms. The van der Waals surface area contributed by atoms with Crippen LogP contribution in [0.15, 0.2) is 46.9 Å². The lowest BCUT2D eigenvalue weighted by molar-refractivity contribution is -0.147. The summed E-state index contributed by atoms with van der Waals surface area (Å²) in [6.45, 7) is 2.80. The maximum atomic E-state index is 12.0. The first kappa shape index (κ1) is 23.1. The van der Waals surface area contributed by atoms with Gasteiger partial charge in [-0.25, -0.2) is 0 Å². The number of benzene rings is 2. The minimum Gasteiger partial charge on any atom is -0.456 e. The zero-order valence-electron chi connectivity index (χ0n) is 16.6. The molecule has 0 fully saturated rings. The van der Waals surface area contributed by atoms with Crippen molar-refractivity contribution in [2.75, 3.05) is 22.6 Å². The average molecular weight is 476 g/mol. The van der Waals surface area contributed by atoms with E-state index in [2.05, 4.69) is 31.9 Å². The molecule has 0 bridgehead atoms. The Morgan fingerprint density at radius 3 is 2.10 bits per heavy atom. The molecule has 0 aromatic heterocycles. The molecule has 0 saturated heterocycles. The molecule has 3 N–H and O–H groups in total. The zero-order chi connectivity index (χ0) is 22.1. The van der Waals surface area contributed by atoms with E-state index >= 15 is 0 Å². The van der Waals surface area contributed by atoms with Crippen molar-refractivity contribution in [1.29, 1.82) is 0 Å². The highest BCUT2D eigenvalue weighted by atomic mass is 79.9. The molecule has 2 rings (SSSR count). The number of rotatable bonds is 8. The molecule has 8 nitrogen and oxygen atoms in total. The van der Waals surface area contributed by atoms with E-state index in [9.17, 15) is 19.2 Å². The highest BCUT2D eigenvalue weighted by Crippen LogP contribution is 2.20. The van der Waals surface area contributed by atoms with Crippen molar-refractivity contribution in [1.82, 2.24) is 0 Å². The maximum absolute atomic E-state index is 12.0. The number of carbonyl (C=O) groups excluding carboxylic acids is 4. The Bertz CT molecular complexity index is 944. The Labute approximate surface area is 182 Å². The van der Waals surface area contributed by atoms with Crippen molar-refractivity contribution in [3.63, 3.8) is 0 Å². The summed E-state index contributed by atoms with van der Waals surface area (Å²) in [5, 5.41) is 7.92. The molecule has 30 heavy (non-hydrogen) atoms. The van der Waals surface area contributed by atoms with Gasteiger partial charge in [0, 0.05) is 34.9 Å². The van der Waals surface area contributed by atoms with E-state index in [0.29, 0.717) is 17.1 Å². The van der Waals surface area contributed by atoms with E-state index in [4.69, 9.17) is 4.74 Å². The number of ether oxygens (including phenoxy) is 1. The third-order valence-corrected chi connectivity index (χ3v) is 4.37. The molecule has 0 heterocycles. The summed E-state index contributed by atoms with van der Waals surface area (Å²) < 4.78 is 5.80. The lowest BCUT2D eigenvalue weighted by Crippen LogP contribution is -2.21. The lowest BCUT2D eigenvalue weighted by atomic mass is 10.2. The second kappa shape index (κ2) is 11.1. The predicted molar refractivity (Wildman–Crippen MR) is 117 cm³/mol. The number of esters is 1. The van der Waals surface area contributed by atoms with E-state index in [1.807, 2.05) is 19.1 Å². The third-order valence-electron chi connectivity index (χ3n) is 3.87. The van der Waals surface area contributed by atoms with Gasteiger partial charge in [-0.2, -0.15) is 0 Å². The van der Waals surface area contributed by atoms with Crippen LogP contribution in [0.2, 0.25) is 0 Å². The van der Waals surface area contributed by atoms with Crippen molar-refractivity contribution in [2.24, 2.45) is 0 Å². The molecule has 2 aromatic rings. The average Bonchev–Trinajstić information content (AvgIpc) is 2.68. The second-order valence-corrected chi connectivity index (χ2v) is 7.39. The smallest absolute Gasteiger partial charge is 0.306 e. The quantitative estimate of drug-likeness (QED) is 0.504. The van der Waals surface area contributed by atoms with Gasteiger partial charge < -0.3 is 20.7 Å². The summed E-state index contributed by atoms with van der Waals surface area (Å²) in [5.74, 6) is -1.67. The van der Waals surface area contributed by atoms with Crippen LogP contribution in [0, 0.1) is 6.92 Å². The van der Waals surface area contributed by atoms with E-state index in [0.717, 1.165) is 10.0 Å². The molecule has 0 atom stereocenters. The van der Waals surface area contributed by atoms with Crippen molar-refractivity contribution in [3.8, 4) is 0 Å². The summed E-state index contributed by atoms with van der Waals surface area (Å²) in [6, 6.07) is 11.9. The molecule has 158 valence electrons. The molecule has 2 aromatic carbocycles. The van der Waals surface area contributed by atoms with Crippen molar-refractivity contribution in [3.05, 3.63) is 52.5 Å². The number of hydrogen-bond acceptors (Lipinski definition) is 5. The standard InChI is InChI=1S/C21H22BrN3O5/c1-13-11-15(22)3-8-18(13)25-19(27)9-10-21(29)30-12-20(28)24-17-6-4-16(5-7-17)23-14(2)26/h3-8,11H,9-10,12H2,1-2H3,(H,23,26)(H,24,28)(H,25,27). The largest absolute Gasteiger partial charge is 0.456 e. The Morgan fingerprint density at radius 1 is 0.867 bits per heavy atom. The first-order chi connectivity index (χ1) is 14.2. The Morgan fingerprint density at radius 2 is 1.50 bits per heavy atom. The fourth-order valence-corrected chi connectivity index (χ4v) is 2.93. The van der Waals surface area contributed by atoms with Crippen LogP contribution in [0.4, 0.5) is 17.1 Å². The molecule has 0 aliphatic carbocycles. The van der Waals surface area contributed by atoms with Crippen molar-refractivity contribution < 1.29 is 23.9 Å². The second-order valence-electron chi connectivity index (χ2n) is 6.47. The first-order valence-corrected chi connectivity index (χ1v) is 9.91. The van der Waals surface area contributed by atoms with Gasteiger partial charge in [0.15, 0.2) is 6.61 Å². The molecular weight excluding hydrogens is 454 g/mol. The Balaban J connectivity index is 1.70. The summed E-state index contributed by atoms with van der Waals surface area (Å²) in [7, 11) is 0. The summed E-state index contributed by atoms with van der Waals surface area (Å²) in [6.07, 6.45) is -0.194. The van der Waals surface area contributed by atoms with Gasteiger partial charge in [-0.15, -0.1) is 0 Å². The number of aryl methyl sites for hydroxylation is 1. The van der Waals surface area contributed by atoms with Crippen molar-refractivity contribution >= 4 is 56.7 Å². The van der Waals surface area contributed by atoms with Crippen LogP contribution in [-0.2, 0) is 23.9 Å². The van der Waals surface area contributed by atoms with Crippen LogP contribution < -0.4 is 16.0 Å². The SMILES string of the molecule is CC(=O)Nc1ccc(NC(=O)COC(=O)CCC(=O)Nc2ccc(Br)cc2C)cc1. The van der Waals surface area contributed by atoms with E-state index in [1.54, 1.807) is 30.3 Å². The van der Waals surface area contributed by atoms with Gasteiger partial charge in [-0.05, 0) is 55.0 Å². The van der Waals surface area contributed by atoms with E-state index in [-0.39, 0.29) is 24.7 Å². The highest BCUT2D eigenvalue weighted by molar-refractivity contribution is 9.10. The fourth-order valence-electron chi connectivity index (χ4n) is 2.45. The van der Waals surface area contributed by atoms with Gasteiger partial charge in [-0.3, -0.25) is 19.2 Å². The van der Waals surface area contributed by atoms with Gasteiger partial charge in [-0.1, -0.05) is 15.9 Å². The maximum Gasteiger partial charge on any atom is 0.306 e. The molecule has 0 unspecified atom stereocenters. The monoisotopic (exact) mass is 475 g/mol. The Hall–Kier alpha value is -3.20. The first-order valence-electron chi connectivity index (χ1n) is 9.12. The van der Waals surface area contributed by atoms with Crippen LogP contribution in [-0.4, -0.2) is 30.3 Å². The number of carbonyl (C=O) groups is 4. The molecule has 9 heteroatoms. The van der Waals surface area contributed by atoms with E-state index in [1.165, 1.54) is 6.92 Å². The van der Waals surface area contributed by atoms with E-state index < -0.39 is 18.5 Å². The van der Waals surface area contributed by atoms with Crippen LogP contribution in [0.5, 0.6) is 0 Å². The third kappa shape index (κ3) is 8.04. The molecule has 0 saturated carbocycles. The number of halogens is 1. The number of anilines is 3. The number of hydrogen-bond donors (Lipinski definition) is 3. The van der Waals surface area contributed by atoms with Gasteiger partial charge in [0.05, 0.1) is 6.42 Å². The van der Waals surface area contributed by atoms with Crippen LogP contribution in [0.1, 0.15) is 25.3 Å². The van der Waals surface area contributed by atoms with Crippen LogP contribution >= 0.6 is 15.9 Å². The molecule has 0 aliphatic rings. The predicted octanol–water partition coefficient (Wildman–Crippen LogP) is 3.62. The summed E-state index contributed by atoms with van der Waals surface area (Å²) in [4.78, 5) is 46.6. The van der Waals surface area contributed by atoms with Gasteiger partial charge in [0.25, 0.3) is 5.91 Å². The minimum atomic E-state index is -0.645. The van der Waals surface area contributed by atoms with Crippen LogP contribution in [0.3, 0.4) is 0 Å². The lowest BCUT2D eigenvalue weighted by Gasteiger charge is -2.09. The fraction of sp³-hybridized carbons (Fsp3) is 0.238. The molecule has 0 aliphatic heterocycles. The Kier molecular flexibility index (Phi) is 8.54. The topological polar surface area (TPSA) is 114 Å². The number of amides is 3. The van der Waals surface area contributed by atoms with Gasteiger partial charge >= 0.3 is 5.97 Å². The highest BCUT2D eigenvalue weighted by Gasteiger charge is 2.12. The molecule has 3 amide bonds. The summed E-state index contributed by atoms with van der Waals surface area (Å²) >= 11 is 3.35. The number of nitrogens with one attached hydrogen (secondary N) is 3. The van der Waals surface area contributed by atoms with Gasteiger partial charge in [0.1, 0.15) is 0 Å². The molecular formula is C21H22BrN3O5. The van der Waals surface area contributed by atoms with Crippen LogP contribution in [0.25, 0.3) is 0 Å². The summed E-state index contributed by atoms with van der Waals surface area (Å²) in [5.41, 5.74) is 2.65. The minimum absolute atomic E-state index is 0.0550.